The van der Waals surface area contributed by atoms with Gasteiger partial charge < -0.3 is 23.9 Å². The molecule has 10 heteroatoms. The summed E-state index contributed by atoms with van der Waals surface area (Å²) in [5, 5.41) is 7.68. The maximum absolute atomic E-state index is 13.1. The zero-order valence-corrected chi connectivity index (χ0v) is 19.7. The smallest absolute Gasteiger partial charge is 0.342 e. The van der Waals surface area contributed by atoms with E-state index >= 15 is 0 Å². The Balaban J connectivity index is 1.40. The van der Waals surface area contributed by atoms with Crippen molar-refractivity contribution in [1.29, 1.82) is 0 Å². The number of aryl methyl sites for hydroxylation is 1. The van der Waals surface area contributed by atoms with E-state index in [0.29, 0.717) is 52.6 Å². The highest BCUT2D eigenvalue weighted by Gasteiger charge is 2.21. The highest BCUT2D eigenvalue weighted by Crippen LogP contribution is 2.35. The lowest BCUT2D eigenvalue weighted by Crippen LogP contribution is -2.09. The summed E-state index contributed by atoms with van der Waals surface area (Å²) >= 11 is 0. The fraction of sp³-hybridized carbons (Fsp3) is 0.231. The van der Waals surface area contributed by atoms with E-state index in [2.05, 4.69) is 10.4 Å². The Hall–Kier alpha value is -4.60. The van der Waals surface area contributed by atoms with Crippen LogP contribution in [0.25, 0.3) is 22.2 Å². The van der Waals surface area contributed by atoms with Crippen LogP contribution in [0.4, 0.5) is 5.69 Å². The summed E-state index contributed by atoms with van der Waals surface area (Å²) in [6, 6.07) is 11.6. The molecule has 1 aliphatic heterocycles. The van der Waals surface area contributed by atoms with Crippen molar-refractivity contribution in [3.63, 3.8) is 0 Å². The minimum atomic E-state index is -0.596. The van der Waals surface area contributed by atoms with Crippen LogP contribution < -0.4 is 20.4 Å². The molecular weight excluding hydrogens is 466 g/mol. The number of benzene rings is 2. The molecule has 0 fully saturated rings. The second kappa shape index (κ2) is 9.57. The van der Waals surface area contributed by atoms with Gasteiger partial charge in [-0.2, -0.15) is 5.10 Å². The van der Waals surface area contributed by atoms with E-state index in [1.807, 2.05) is 6.07 Å². The Morgan fingerprint density at radius 3 is 2.69 bits per heavy atom. The molecule has 0 radical (unpaired) electrons. The molecule has 10 nitrogen and oxygen atoms in total. The molecule has 0 saturated carbocycles. The second-order valence-corrected chi connectivity index (χ2v) is 8.34. The lowest BCUT2D eigenvalue weighted by Gasteiger charge is -2.10. The molecule has 2 aromatic heterocycles. The van der Waals surface area contributed by atoms with Gasteiger partial charge in [-0.3, -0.25) is 9.48 Å². The van der Waals surface area contributed by atoms with Gasteiger partial charge in [0.15, 0.2) is 11.5 Å². The molecule has 1 aliphatic rings. The third kappa shape index (κ3) is 4.78. The van der Waals surface area contributed by atoms with E-state index in [4.69, 9.17) is 18.6 Å². The number of rotatable bonds is 5. The lowest BCUT2D eigenvalue weighted by molar-refractivity contribution is -0.114. The number of fused-ring (bicyclic) bond motifs is 2. The monoisotopic (exact) mass is 489 g/mol. The van der Waals surface area contributed by atoms with Gasteiger partial charge in [0, 0.05) is 60.9 Å². The predicted octanol–water partition coefficient (Wildman–Crippen LogP) is 3.67. The Bertz CT molecular complexity index is 1540. The average molecular weight is 489 g/mol. The minimum absolute atomic E-state index is 0.157. The van der Waals surface area contributed by atoms with E-state index in [0.717, 1.165) is 6.42 Å². The topological polar surface area (TPSA) is 122 Å². The Morgan fingerprint density at radius 1 is 1.08 bits per heavy atom. The van der Waals surface area contributed by atoms with Crippen LogP contribution in [0.5, 0.6) is 11.5 Å². The van der Waals surface area contributed by atoms with Gasteiger partial charge in [-0.15, -0.1) is 0 Å². The van der Waals surface area contributed by atoms with Crippen LogP contribution in [0.1, 0.15) is 29.3 Å². The van der Waals surface area contributed by atoms with Gasteiger partial charge in [0.1, 0.15) is 23.4 Å². The van der Waals surface area contributed by atoms with Crippen molar-refractivity contribution in [2.45, 2.75) is 20.0 Å². The number of carbonyl (C=O) groups excluding carboxylic acids is 2. The third-order valence-corrected chi connectivity index (χ3v) is 5.58. The van der Waals surface area contributed by atoms with E-state index in [1.165, 1.54) is 17.7 Å². The molecule has 0 saturated heterocycles. The Kier molecular flexibility index (Phi) is 6.16. The zero-order valence-electron chi connectivity index (χ0n) is 19.7. The summed E-state index contributed by atoms with van der Waals surface area (Å²) in [6.07, 6.45) is 2.37. The van der Waals surface area contributed by atoms with Crippen LogP contribution in [0.3, 0.4) is 0 Å². The summed E-state index contributed by atoms with van der Waals surface area (Å²) in [4.78, 5) is 36.5. The number of amides is 1. The molecule has 0 aliphatic carbocycles. The number of aromatic nitrogens is 2. The molecule has 1 N–H and O–H groups in total. The molecule has 2 aromatic carbocycles. The first-order valence-corrected chi connectivity index (χ1v) is 11.3. The first-order valence-electron chi connectivity index (χ1n) is 11.3. The van der Waals surface area contributed by atoms with E-state index in [1.54, 1.807) is 43.6 Å². The summed E-state index contributed by atoms with van der Waals surface area (Å²) in [5.74, 6) is 0.396. The largest absolute Gasteiger partial charge is 0.490 e. The molecule has 36 heavy (non-hydrogen) atoms. The second-order valence-electron chi connectivity index (χ2n) is 8.34. The summed E-state index contributed by atoms with van der Waals surface area (Å²) in [5.41, 5.74) is 2.04. The first kappa shape index (κ1) is 23.2. The number of hydrogen-bond donors (Lipinski definition) is 1. The van der Waals surface area contributed by atoms with Crippen LogP contribution in [-0.2, 0) is 23.2 Å². The first-order chi connectivity index (χ1) is 17.4. The number of nitrogens with zero attached hydrogens (tertiary/aromatic N) is 2. The van der Waals surface area contributed by atoms with Gasteiger partial charge in [0.05, 0.1) is 13.2 Å². The predicted molar refractivity (Wildman–Crippen MR) is 130 cm³/mol. The highest BCUT2D eigenvalue weighted by atomic mass is 16.5. The highest BCUT2D eigenvalue weighted by molar-refractivity contribution is 5.96. The Labute approximate surface area is 205 Å². The lowest BCUT2D eigenvalue weighted by atomic mass is 10.1. The number of hydrogen-bond acceptors (Lipinski definition) is 8. The van der Waals surface area contributed by atoms with Crippen molar-refractivity contribution in [3.8, 4) is 22.8 Å². The van der Waals surface area contributed by atoms with Gasteiger partial charge in [0.2, 0.25) is 5.91 Å². The van der Waals surface area contributed by atoms with E-state index in [-0.39, 0.29) is 23.7 Å². The fourth-order valence-electron chi connectivity index (χ4n) is 4.01. The summed E-state index contributed by atoms with van der Waals surface area (Å²) in [6.45, 7) is 2.35. The van der Waals surface area contributed by atoms with Crippen molar-refractivity contribution in [3.05, 3.63) is 70.2 Å². The molecule has 5 rings (SSSR count). The van der Waals surface area contributed by atoms with Gasteiger partial charge in [-0.1, -0.05) is 0 Å². The van der Waals surface area contributed by atoms with Crippen molar-refractivity contribution < 1.29 is 28.2 Å². The van der Waals surface area contributed by atoms with Crippen molar-refractivity contribution in [2.24, 2.45) is 7.05 Å². The summed E-state index contributed by atoms with van der Waals surface area (Å²) < 4.78 is 23.8. The van der Waals surface area contributed by atoms with Crippen LogP contribution in [0.15, 0.2) is 57.9 Å². The molecular formula is C26H23N3O7. The Morgan fingerprint density at radius 2 is 1.89 bits per heavy atom. The molecule has 3 heterocycles. The quantitative estimate of drug-likeness (QED) is 0.333. The SMILES string of the molecule is CC(=O)Nc1ccc2c(COC(=O)c3cn(C)nc3-c3ccc4c(c3)OCCCO4)cc(=O)oc2c1. The van der Waals surface area contributed by atoms with Crippen LogP contribution in [0, 0.1) is 0 Å². The minimum Gasteiger partial charge on any atom is -0.490 e. The molecule has 0 bridgehead atoms. The number of ether oxygens (including phenoxy) is 3. The van der Waals surface area contributed by atoms with Gasteiger partial charge in [0.25, 0.3) is 0 Å². The standard InChI is InChI=1S/C26H23N3O7/c1-15(30)27-18-5-6-19-17(11-24(31)36-22(19)12-18)14-35-26(32)20-13-29(2)28-25(20)16-4-7-21-23(10-16)34-9-3-8-33-21/h4-7,10-13H,3,8-9,14H2,1-2H3,(H,27,30). The number of nitrogens with one attached hydrogen (secondary N) is 1. The average Bonchev–Trinajstić information content (AvgIpc) is 3.08. The zero-order chi connectivity index (χ0) is 25.2. The molecule has 4 aromatic rings. The molecule has 0 atom stereocenters. The maximum atomic E-state index is 13.1. The number of carbonyl (C=O) groups is 2. The normalized spacial score (nSPS) is 12.7. The summed E-state index contributed by atoms with van der Waals surface area (Å²) in [7, 11) is 1.71. The van der Waals surface area contributed by atoms with E-state index in [9.17, 15) is 14.4 Å². The molecule has 0 unspecified atom stereocenters. The van der Waals surface area contributed by atoms with Crippen molar-refractivity contribution in [2.75, 3.05) is 18.5 Å². The maximum Gasteiger partial charge on any atom is 0.342 e. The number of esters is 1. The van der Waals surface area contributed by atoms with Gasteiger partial charge in [-0.05, 0) is 30.3 Å². The van der Waals surface area contributed by atoms with Crippen LogP contribution >= 0.6 is 0 Å². The van der Waals surface area contributed by atoms with Crippen molar-refractivity contribution in [1.82, 2.24) is 9.78 Å². The molecule has 0 spiro atoms. The van der Waals surface area contributed by atoms with Gasteiger partial charge >= 0.3 is 11.6 Å². The molecule has 1 amide bonds. The third-order valence-electron chi connectivity index (χ3n) is 5.58. The molecule has 184 valence electrons. The van der Waals surface area contributed by atoms with Crippen LogP contribution in [0.2, 0.25) is 0 Å². The van der Waals surface area contributed by atoms with Crippen molar-refractivity contribution >= 4 is 28.5 Å². The van der Waals surface area contributed by atoms with Gasteiger partial charge in [-0.25, -0.2) is 9.59 Å². The van der Waals surface area contributed by atoms with E-state index < -0.39 is 11.6 Å². The van der Waals surface area contributed by atoms with Crippen LogP contribution in [-0.4, -0.2) is 34.9 Å². The fourth-order valence-corrected chi connectivity index (χ4v) is 4.01. The number of anilines is 1.